The van der Waals surface area contributed by atoms with E-state index in [-0.39, 0.29) is 24.5 Å². The Hall–Kier alpha value is -1.43. The second-order valence-corrected chi connectivity index (χ2v) is 6.55. The highest BCUT2D eigenvalue weighted by Gasteiger charge is 2.20. The third-order valence-electron chi connectivity index (χ3n) is 4.61. The van der Waals surface area contributed by atoms with Crippen LogP contribution < -0.4 is 5.32 Å². The van der Waals surface area contributed by atoms with Crippen LogP contribution in [-0.2, 0) is 11.3 Å². The van der Waals surface area contributed by atoms with Crippen LogP contribution in [0.4, 0.5) is 0 Å². The fourth-order valence-electron chi connectivity index (χ4n) is 2.75. The SMILES string of the molecule is CC(CO)C(C)NC(=O)CN1CCN(Cc2ccccc2)CC1. The summed E-state index contributed by atoms with van der Waals surface area (Å²) >= 11 is 0. The minimum atomic E-state index is 0.00636. The number of hydrogen-bond donors (Lipinski definition) is 2. The Labute approximate surface area is 139 Å². The first-order valence-corrected chi connectivity index (χ1v) is 8.47. The highest BCUT2D eigenvalue weighted by Crippen LogP contribution is 2.08. The normalized spacial score (nSPS) is 19.3. The van der Waals surface area contributed by atoms with E-state index >= 15 is 0 Å². The van der Waals surface area contributed by atoms with Crippen LogP contribution in [0.1, 0.15) is 19.4 Å². The summed E-state index contributed by atoms with van der Waals surface area (Å²) in [6.45, 7) is 9.22. The molecule has 0 bridgehead atoms. The Morgan fingerprint density at radius 3 is 2.35 bits per heavy atom. The summed E-state index contributed by atoms with van der Waals surface area (Å²) in [4.78, 5) is 16.7. The second kappa shape index (κ2) is 9.01. The van der Waals surface area contributed by atoms with Crippen LogP contribution in [0.15, 0.2) is 30.3 Å². The van der Waals surface area contributed by atoms with Gasteiger partial charge in [0.05, 0.1) is 6.54 Å². The minimum absolute atomic E-state index is 0.00636. The lowest BCUT2D eigenvalue weighted by atomic mass is 10.1. The summed E-state index contributed by atoms with van der Waals surface area (Å²) in [5.74, 6) is 0.135. The maximum absolute atomic E-state index is 12.1. The summed E-state index contributed by atoms with van der Waals surface area (Å²) in [7, 11) is 0. The first-order valence-electron chi connectivity index (χ1n) is 8.47. The quantitative estimate of drug-likeness (QED) is 0.785. The van der Waals surface area contributed by atoms with E-state index in [1.165, 1.54) is 5.56 Å². The molecule has 0 spiro atoms. The first kappa shape index (κ1) is 17.9. The molecule has 5 heteroatoms. The number of hydrogen-bond acceptors (Lipinski definition) is 4. The molecule has 2 rings (SSSR count). The summed E-state index contributed by atoms with van der Waals surface area (Å²) < 4.78 is 0. The van der Waals surface area contributed by atoms with Gasteiger partial charge in [-0.1, -0.05) is 37.3 Å². The Kier molecular flexibility index (Phi) is 7.02. The molecular formula is C18H29N3O2. The summed E-state index contributed by atoms with van der Waals surface area (Å²) in [6.07, 6.45) is 0. The largest absolute Gasteiger partial charge is 0.396 e. The van der Waals surface area contributed by atoms with E-state index in [2.05, 4.69) is 39.4 Å². The van der Waals surface area contributed by atoms with E-state index in [1.807, 2.05) is 19.9 Å². The zero-order chi connectivity index (χ0) is 16.7. The molecule has 1 aromatic rings. The molecule has 1 aliphatic heterocycles. The number of piperazine rings is 1. The Bertz CT molecular complexity index is 472. The number of carbonyl (C=O) groups excluding carboxylic acids is 1. The average molecular weight is 319 g/mol. The highest BCUT2D eigenvalue weighted by molar-refractivity contribution is 5.78. The number of aliphatic hydroxyl groups excluding tert-OH is 1. The van der Waals surface area contributed by atoms with Gasteiger partial charge in [0, 0.05) is 45.4 Å². The number of rotatable bonds is 7. The smallest absolute Gasteiger partial charge is 0.234 e. The molecule has 1 amide bonds. The highest BCUT2D eigenvalue weighted by atomic mass is 16.3. The Balaban J connectivity index is 1.69. The Morgan fingerprint density at radius 2 is 1.74 bits per heavy atom. The molecule has 128 valence electrons. The lowest BCUT2D eigenvalue weighted by molar-refractivity contribution is -0.123. The molecule has 1 aliphatic rings. The molecule has 2 unspecified atom stereocenters. The van der Waals surface area contributed by atoms with Crippen LogP contribution in [0, 0.1) is 5.92 Å². The molecule has 0 aromatic heterocycles. The number of benzene rings is 1. The van der Waals surface area contributed by atoms with Gasteiger partial charge in [0.15, 0.2) is 0 Å². The minimum Gasteiger partial charge on any atom is -0.396 e. The summed E-state index contributed by atoms with van der Waals surface area (Å²) in [5.41, 5.74) is 1.34. The molecule has 2 N–H and O–H groups in total. The maximum atomic E-state index is 12.1. The van der Waals surface area contributed by atoms with E-state index < -0.39 is 0 Å². The molecule has 1 aromatic carbocycles. The maximum Gasteiger partial charge on any atom is 0.234 e. The number of aliphatic hydroxyl groups is 1. The fraction of sp³-hybridized carbons (Fsp3) is 0.611. The molecule has 0 aliphatic carbocycles. The lowest BCUT2D eigenvalue weighted by Crippen LogP contribution is -2.50. The third kappa shape index (κ3) is 5.94. The van der Waals surface area contributed by atoms with Crippen molar-refractivity contribution in [3.8, 4) is 0 Å². The van der Waals surface area contributed by atoms with Crippen LogP contribution in [0.3, 0.4) is 0 Å². The first-order chi connectivity index (χ1) is 11.1. The topological polar surface area (TPSA) is 55.8 Å². The standard InChI is InChI=1S/C18H29N3O2/c1-15(14-22)16(2)19-18(23)13-21-10-8-20(9-11-21)12-17-6-4-3-5-7-17/h3-7,15-16,22H,8-14H2,1-2H3,(H,19,23). The zero-order valence-corrected chi connectivity index (χ0v) is 14.2. The van der Waals surface area contributed by atoms with Crippen LogP contribution >= 0.6 is 0 Å². The molecule has 1 fully saturated rings. The van der Waals surface area contributed by atoms with Gasteiger partial charge < -0.3 is 10.4 Å². The van der Waals surface area contributed by atoms with Crippen molar-refractivity contribution in [2.24, 2.45) is 5.92 Å². The van der Waals surface area contributed by atoms with Gasteiger partial charge in [-0.3, -0.25) is 14.6 Å². The zero-order valence-electron chi connectivity index (χ0n) is 14.2. The molecule has 0 radical (unpaired) electrons. The van der Waals surface area contributed by atoms with Crippen molar-refractivity contribution in [1.82, 2.24) is 15.1 Å². The predicted octanol–water partition coefficient (Wildman–Crippen LogP) is 0.937. The van der Waals surface area contributed by atoms with Gasteiger partial charge in [-0.15, -0.1) is 0 Å². The number of nitrogens with one attached hydrogen (secondary N) is 1. The lowest BCUT2D eigenvalue weighted by Gasteiger charge is -2.34. The van der Waals surface area contributed by atoms with Crippen molar-refractivity contribution >= 4 is 5.91 Å². The van der Waals surface area contributed by atoms with Crippen molar-refractivity contribution < 1.29 is 9.90 Å². The third-order valence-corrected chi connectivity index (χ3v) is 4.61. The number of carbonyl (C=O) groups is 1. The molecule has 1 saturated heterocycles. The average Bonchev–Trinajstić information content (AvgIpc) is 2.56. The van der Waals surface area contributed by atoms with Crippen molar-refractivity contribution in [3.63, 3.8) is 0 Å². The molecule has 23 heavy (non-hydrogen) atoms. The van der Waals surface area contributed by atoms with Crippen LogP contribution in [-0.4, -0.2) is 66.2 Å². The fourth-order valence-corrected chi connectivity index (χ4v) is 2.75. The number of amides is 1. The van der Waals surface area contributed by atoms with Gasteiger partial charge in [0.25, 0.3) is 0 Å². The molecule has 2 atom stereocenters. The van der Waals surface area contributed by atoms with Gasteiger partial charge in [-0.05, 0) is 18.4 Å². The van der Waals surface area contributed by atoms with Crippen LogP contribution in [0.5, 0.6) is 0 Å². The summed E-state index contributed by atoms with van der Waals surface area (Å²) in [6, 6.07) is 10.5. The van der Waals surface area contributed by atoms with Gasteiger partial charge in [-0.2, -0.15) is 0 Å². The van der Waals surface area contributed by atoms with E-state index in [0.717, 1.165) is 32.7 Å². The molecular weight excluding hydrogens is 290 g/mol. The van der Waals surface area contributed by atoms with Crippen molar-refractivity contribution in [1.29, 1.82) is 0 Å². The van der Waals surface area contributed by atoms with E-state index in [9.17, 15) is 4.79 Å². The van der Waals surface area contributed by atoms with Gasteiger partial charge in [0.1, 0.15) is 0 Å². The van der Waals surface area contributed by atoms with Crippen molar-refractivity contribution in [2.75, 3.05) is 39.3 Å². The van der Waals surface area contributed by atoms with Gasteiger partial charge >= 0.3 is 0 Å². The van der Waals surface area contributed by atoms with Crippen LogP contribution in [0.2, 0.25) is 0 Å². The van der Waals surface area contributed by atoms with E-state index in [4.69, 9.17) is 5.11 Å². The van der Waals surface area contributed by atoms with Gasteiger partial charge in [-0.25, -0.2) is 0 Å². The van der Waals surface area contributed by atoms with E-state index in [1.54, 1.807) is 0 Å². The monoisotopic (exact) mass is 319 g/mol. The van der Waals surface area contributed by atoms with Crippen molar-refractivity contribution in [3.05, 3.63) is 35.9 Å². The molecule has 0 saturated carbocycles. The Morgan fingerprint density at radius 1 is 1.13 bits per heavy atom. The van der Waals surface area contributed by atoms with E-state index in [0.29, 0.717) is 6.54 Å². The predicted molar refractivity (Wildman–Crippen MR) is 92.0 cm³/mol. The van der Waals surface area contributed by atoms with Gasteiger partial charge in [0.2, 0.25) is 5.91 Å². The van der Waals surface area contributed by atoms with Crippen LogP contribution in [0.25, 0.3) is 0 Å². The summed E-state index contributed by atoms with van der Waals surface area (Å²) in [5, 5.41) is 12.1. The molecule has 1 heterocycles. The van der Waals surface area contributed by atoms with Crippen molar-refractivity contribution in [2.45, 2.75) is 26.4 Å². The number of nitrogens with zero attached hydrogens (tertiary/aromatic N) is 2. The molecule has 5 nitrogen and oxygen atoms in total. The second-order valence-electron chi connectivity index (χ2n) is 6.55.